The topological polar surface area (TPSA) is 105 Å². The van der Waals surface area contributed by atoms with Gasteiger partial charge < -0.3 is 20.5 Å². The maximum Gasteiger partial charge on any atom is 0.326 e. The zero-order valence-electron chi connectivity index (χ0n) is 12.3. The highest BCUT2D eigenvalue weighted by Crippen LogP contribution is 2.33. The highest BCUT2D eigenvalue weighted by molar-refractivity contribution is 9.10. The van der Waals surface area contributed by atoms with Crippen LogP contribution in [0.1, 0.15) is 23.7 Å². The van der Waals surface area contributed by atoms with Gasteiger partial charge in [0.05, 0.1) is 11.3 Å². The normalized spacial score (nSPS) is 14.6. The first-order valence-electron chi connectivity index (χ1n) is 6.83. The number of ether oxygens (including phenoxy) is 1. The molecule has 23 heavy (non-hydrogen) atoms. The lowest BCUT2D eigenvalue weighted by atomic mass is 10.1. The molecule has 0 radical (unpaired) electrons. The number of hydrogen-bond acceptors (Lipinski definition) is 4. The minimum absolute atomic E-state index is 0.130. The molecule has 8 heteroatoms. The van der Waals surface area contributed by atoms with Crippen LogP contribution >= 0.6 is 15.9 Å². The van der Waals surface area contributed by atoms with E-state index in [9.17, 15) is 14.4 Å². The Morgan fingerprint density at radius 3 is 2.91 bits per heavy atom. The van der Waals surface area contributed by atoms with E-state index in [1.165, 1.54) is 6.07 Å². The van der Waals surface area contributed by atoms with Crippen LogP contribution in [0.4, 0.5) is 5.69 Å². The monoisotopic (exact) mass is 382 g/mol. The molecule has 0 aromatic heterocycles. The second-order valence-electron chi connectivity index (χ2n) is 4.83. The second kappa shape index (κ2) is 7.28. The lowest BCUT2D eigenvalue weighted by molar-refractivity contribution is -0.139. The van der Waals surface area contributed by atoms with Gasteiger partial charge in [-0.3, -0.25) is 9.59 Å². The van der Waals surface area contributed by atoms with Gasteiger partial charge in [-0.1, -0.05) is 12.2 Å². The van der Waals surface area contributed by atoms with Crippen LogP contribution < -0.4 is 15.4 Å². The number of halogens is 1. The van der Waals surface area contributed by atoms with E-state index in [2.05, 4.69) is 26.6 Å². The van der Waals surface area contributed by atoms with Gasteiger partial charge in [0.1, 0.15) is 11.8 Å². The molecule has 1 aliphatic heterocycles. The average Bonchev–Trinajstić information content (AvgIpc) is 2.50. The molecule has 0 saturated heterocycles. The van der Waals surface area contributed by atoms with Crippen molar-refractivity contribution in [2.24, 2.45) is 0 Å². The standard InChI is InChI=1S/C15H15BrN2O5/c1-2-3-4-10(15(21)22)18-14(20)8-5-12-11(6-9(8)16)17-13(19)7-23-12/h2-3,5-6,10H,4,7H2,1H3,(H,17,19)(H,18,20)(H,21,22)/b3-2+. The Bertz CT molecular complexity index is 687. The Morgan fingerprint density at radius 1 is 1.52 bits per heavy atom. The Balaban J connectivity index is 2.22. The zero-order valence-corrected chi connectivity index (χ0v) is 13.8. The Morgan fingerprint density at radius 2 is 2.26 bits per heavy atom. The summed E-state index contributed by atoms with van der Waals surface area (Å²) in [6, 6.07) is 1.98. The van der Waals surface area contributed by atoms with Crippen molar-refractivity contribution in [2.75, 3.05) is 11.9 Å². The van der Waals surface area contributed by atoms with Gasteiger partial charge in [0.25, 0.3) is 11.8 Å². The summed E-state index contributed by atoms with van der Waals surface area (Å²) in [4.78, 5) is 34.8. The number of hydrogen-bond donors (Lipinski definition) is 3. The lowest BCUT2D eigenvalue weighted by Gasteiger charge is -2.20. The van der Waals surface area contributed by atoms with E-state index in [4.69, 9.17) is 9.84 Å². The molecule has 1 aromatic carbocycles. The Hall–Kier alpha value is -2.35. The quantitative estimate of drug-likeness (QED) is 0.674. The minimum Gasteiger partial charge on any atom is -0.482 e. The van der Waals surface area contributed by atoms with Crippen LogP contribution in [0.15, 0.2) is 28.8 Å². The van der Waals surface area contributed by atoms with Gasteiger partial charge in [-0.2, -0.15) is 0 Å². The highest BCUT2D eigenvalue weighted by atomic mass is 79.9. The fourth-order valence-corrected chi connectivity index (χ4v) is 2.53. The summed E-state index contributed by atoms with van der Waals surface area (Å²) in [7, 11) is 0. The molecule has 3 N–H and O–H groups in total. The summed E-state index contributed by atoms with van der Waals surface area (Å²) in [5, 5.41) is 14.2. The molecule has 1 atom stereocenters. The van der Waals surface area contributed by atoms with Gasteiger partial charge in [-0.05, 0) is 41.4 Å². The first-order chi connectivity index (χ1) is 10.9. The molecular weight excluding hydrogens is 368 g/mol. The fourth-order valence-electron chi connectivity index (χ4n) is 2.00. The van der Waals surface area contributed by atoms with E-state index in [-0.39, 0.29) is 24.5 Å². The molecule has 0 bridgehead atoms. The number of aliphatic carboxylic acids is 1. The molecule has 0 fully saturated rings. The number of carbonyl (C=O) groups is 3. The number of carboxylic acid groups (broad SMARTS) is 1. The van der Waals surface area contributed by atoms with Crippen LogP contribution in [0.2, 0.25) is 0 Å². The second-order valence-corrected chi connectivity index (χ2v) is 5.69. The maximum absolute atomic E-state index is 12.3. The molecule has 2 rings (SSSR count). The molecule has 1 unspecified atom stereocenters. The van der Waals surface area contributed by atoms with E-state index in [1.807, 2.05) is 0 Å². The number of anilines is 1. The van der Waals surface area contributed by atoms with Crippen LogP contribution in [0.3, 0.4) is 0 Å². The van der Waals surface area contributed by atoms with E-state index in [0.29, 0.717) is 15.9 Å². The van der Waals surface area contributed by atoms with Crippen molar-refractivity contribution in [3.8, 4) is 5.75 Å². The number of allylic oxidation sites excluding steroid dienone is 1. The Kier molecular flexibility index (Phi) is 5.38. The molecule has 0 aliphatic carbocycles. The van der Waals surface area contributed by atoms with Crippen LogP contribution in [0, 0.1) is 0 Å². The number of rotatable bonds is 5. The summed E-state index contributed by atoms with van der Waals surface area (Å²) in [6.45, 7) is 1.64. The van der Waals surface area contributed by atoms with Gasteiger partial charge >= 0.3 is 5.97 Å². The molecule has 7 nitrogen and oxygen atoms in total. The van der Waals surface area contributed by atoms with Crippen molar-refractivity contribution in [2.45, 2.75) is 19.4 Å². The van der Waals surface area contributed by atoms with Crippen molar-refractivity contribution in [1.82, 2.24) is 5.32 Å². The van der Waals surface area contributed by atoms with Crippen LogP contribution in [0.5, 0.6) is 5.75 Å². The first kappa shape index (κ1) is 17.0. The van der Waals surface area contributed by atoms with Crippen molar-refractivity contribution in [1.29, 1.82) is 0 Å². The molecule has 1 aliphatic rings. The molecule has 122 valence electrons. The van der Waals surface area contributed by atoms with Gasteiger partial charge in [-0.15, -0.1) is 0 Å². The van der Waals surface area contributed by atoms with Crippen molar-refractivity contribution < 1.29 is 24.2 Å². The van der Waals surface area contributed by atoms with Crippen LogP contribution in [0.25, 0.3) is 0 Å². The van der Waals surface area contributed by atoms with Crippen LogP contribution in [-0.4, -0.2) is 35.5 Å². The number of nitrogens with one attached hydrogen (secondary N) is 2. The maximum atomic E-state index is 12.3. The first-order valence-corrected chi connectivity index (χ1v) is 7.62. The van der Waals surface area contributed by atoms with Gasteiger partial charge in [-0.25, -0.2) is 4.79 Å². The van der Waals surface area contributed by atoms with Crippen molar-refractivity contribution in [3.05, 3.63) is 34.3 Å². The SMILES string of the molecule is C/C=C/CC(NC(=O)c1cc2c(cc1Br)NC(=O)CO2)C(=O)O. The lowest BCUT2D eigenvalue weighted by Crippen LogP contribution is -2.40. The van der Waals surface area contributed by atoms with E-state index >= 15 is 0 Å². The predicted octanol–water partition coefficient (Wildman–Crippen LogP) is 1.93. The number of benzene rings is 1. The van der Waals surface area contributed by atoms with Gasteiger partial charge in [0.2, 0.25) is 0 Å². The minimum atomic E-state index is -1.12. The predicted molar refractivity (Wildman–Crippen MR) is 86.6 cm³/mol. The third kappa shape index (κ3) is 4.10. The summed E-state index contributed by atoms with van der Waals surface area (Å²) >= 11 is 3.25. The smallest absolute Gasteiger partial charge is 0.326 e. The molecule has 0 spiro atoms. The summed E-state index contributed by atoms with van der Waals surface area (Å²) in [6.07, 6.45) is 3.57. The van der Waals surface area contributed by atoms with Gasteiger partial charge in [0, 0.05) is 4.47 Å². The molecule has 2 amide bonds. The third-order valence-corrected chi connectivity index (χ3v) is 3.81. The summed E-state index contributed by atoms with van der Waals surface area (Å²) in [5.74, 6) is -1.58. The summed E-state index contributed by atoms with van der Waals surface area (Å²) < 4.78 is 5.68. The third-order valence-electron chi connectivity index (χ3n) is 3.16. The Labute approximate surface area is 140 Å². The van der Waals surface area contributed by atoms with Crippen molar-refractivity contribution in [3.63, 3.8) is 0 Å². The molecule has 1 heterocycles. The van der Waals surface area contributed by atoms with E-state index in [0.717, 1.165) is 0 Å². The number of amides is 2. The van der Waals surface area contributed by atoms with E-state index in [1.54, 1.807) is 25.1 Å². The average molecular weight is 383 g/mol. The fraction of sp³-hybridized carbons (Fsp3) is 0.267. The highest BCUT2D eigenvalue weighted by Gasteiger charge is 2.24. The van der Waals surface area contributed by atoms with E-state index < -0.39 is 17.9 Å². The largest absolute Gasteiger partial charge is 0.482 e. The molecule has 0 saturated carbocycles. The number of carboxylic acids is 1. The summed E-state index contributed by atoms with van der Waals surface area (Å²) in [5.41, 5.74) is 0.681. The van der Waals surface area contributed by atoms with Gasteiger partial charge in [0.15, 0.2) is 6.61 Å². The zero-order chi connectivity index (χ0) is 17.0. The van der Waals surface area contributed by atoms with Crippen molar-refractivity contribution >= 4 is 39.4 Å². The number of fused-ring (bicyclic) bond motifs is 1. The van der Waals surface area contributed by atoms with Crippen LogP contribution in [-0.2, 0) is 9.59 Å². The number of carbonyl (C=O) groups excluding carboxylic acids is 2. The molecular formula is C15H15BrN2O5. The molecule has 1 aromatic rings.